The van der Waals surface area contributed by atoms with Crippen molar-refractivity contribution >= 4 is 11.6 Å². The molecule has 84 valence electrons. The number of carbonyl (C=O) groups is 1. The van der Waals surface area contributed by atoms with Crippen molar-refractivity contribution in [1.82, 2.24) is 4.98 Å². The summed E-state index contributed by atoms with van der Waals surface area (Å²) in [5.41, 5.74) is 4.20. The van der Waals surface area contributed by atoms with E-state index in [1.165, 1.54) is 0 Å². The Balaban J connectivity index is 0.000000280. The van der Waals surface area contributed by atoms with E-state index in [1.807, 2.05) is 0 Å². The Morgan fingerprint density at radius 2 is 2.31 bits per heavy atom. The zero-order chi connectivity index (χ0) is 22.2. The highest BCUT2D eigenvalue weighted by Gasteiger charge is 1.97. The van der Waals surface area contributed by atoms with Crippen LogP contribution in [0.4, 0.5) is 5.82 Å². The summed E-state index contributed by atoms with van der Waals surface area (Å²) in [5.74, 6) is -0.971. The number of ketones is 1. The van der Waals surface area contributed by atoms with E-state index in [0.29, 0.717) is 0 Å². The van der Waals surface area contributed by atoms with E-state index in [4.69, 9.17) is 22.2 Å². The maximum atomic E-state index is 11.0. The smallest absolute Gasteiger partial charge is 0.159 e. The van der Waals surface area contributed by atoms with Gasteiger partial charge in [-0.25, -0.2) is 4.98 Å². The average molecular weight is 228 g/mol. The second-order valence-electron chi connectivity index (χ2n) is 2.64. The predicted molar refractivity (Wildman–Crippen MR) is 65.9 cm³/mol. The first kappa shape index (κ1) is 3.55. The summed E-state index contributed by atoms with van der Waals surface area (Å²) in [4.78, 5) is 14.4. The van der Waals surface area contributed by atoms with Gasteiger partial charge in [-0.15, -0.1) is 0 Å². The van der Waals surface area contributed by atoms with Gasteiger partial charge in [0, 0.05) is 20.8 Å². The maximum Gasteiger partial charge on any atom is 0.159 e. The third-order valence-electron chi connectivity index (χ3n) is 1.36. The largest absolute Gasteiger partial charge is 0.384 e. The molecule has 0 unspecified atom stereocenters. The van der Waals surface area contributed by atoms with Crippen molar-refractivity contribution in [3.05, 3.63) is 47.6 Å². The molecule has 2 rings (SSSR count). The molecule has 0 saturated carbocycles. The van der Waals surface area contributed by atoms with Crippen molar-refractivity contribution in [2.45, 2.75) is 20.1 Å². The molecule has 1 aromatic heterocycles. The van der Waals surface area contributed by atoms with Gasteiger partial charge in [0.05, 0.1) is 8.22 Å². The van der Waals surface area contributed by atoms with Crippen molar-refractivity contribution in [1.29, 1.82) is 0 Å². The number of hydrogen-bond donors (Lipinski definition) is 1. The fourth-order valence-corrected chi connectivity index (χ4v) is 0.688. The Bertz CT molecular complexity index is 866. The average Bonchev–Trinajstić information content (AvgIpc) is 2.48. The summed E-state index contributed by atoms with van der Waals surface area (Å²) in [6.45, 7) is -5.20. The molecule has 0 atom stereocenters. The number of pyridine rings is 1. The molecule has 3 nitrogen and oxygen atoms in total. The standard InChI is InChI=1S/C7H8O.C6H8N2/c1-6-2-4-7(8)5-3-6;1-5-2-3-6(7)8-4-5/h2-4H,5H2,1H3;2-4H,1H3,(H2,7,8)/i2*1D3,2D,3D,4D. The summed E-state index contributed by atoms with van der Waals surface area (Å²) in [7, 11) is 0. The highest BCUT2D eigenvalue weighted by atomic mass is 16.1. The number of nitrogen functional groups attached to an aromatic ring is 1. The van der Waals surface area contributed by atoms with Crippen LogP contribution in [0.3, 0.4) is 0 Å². The lowest BCUT2D eigenvalue weighted by Crippen LogP contribution is -1.93. The van der Waals surface area contributed by atoms with E-state index in [1.54, 1.807) is 0 Å². The van der Waals surface area contributed by atoms with Gasteiger partial charge < -0.3 is 5.73 Å². The van der Waals surface area contributed by atoms with E-state index in [0.717, 1.165) is 0 Å². The van der Waals surface area contributed by atoms with Gasteiger partial charge in [-0.1, -0.05) is 23.7 Å². The van der Waals surface area contributed by atoms with E-state index in [2.05, 4.69) is 4.98 Å². The number of anilines is 1. The summed E-state index contributed by atoms with van der Waals surface area (Å²) < 4.78 is 85.9. The van der Waals surface area contributed by atoms with Crippen LogP contribution in [-0.4, -0.2) is 10.8 Å². The summed E-state index contributed by atoms with van der Waals surface area (Å²) in [6, 6.07) is -2.65. The molecule has 0 saturated heterocycles. The van der Waals surface area contributed by atoms with Gasteiger partial charge in [0.15, 0.2) is 5.78 Å². The van der Waals surface area contributed by atoms with Crippen LogP contribution in [0.2, 0.25) is 0 Å². The lowest BCUT2D eigenvalue weighted by atomic mass is 10.1. The van der Waals surface area contributed by atoms with Crippen molar-refractivity contribution in [3.63, 3.8) is 0 Å². The van der Waals surface area contributed by atoms with Gasteiger partial charge in [0.1, 0.15) is 5.82 Å². The molecule has 0 amide bonds. The van der Waals surface area contributed by atoms with Gasteiger partial charge in [-0.05, 0) is 31.4 Å². The number of rotatable bonds is 0. The number of nitrogens with zero attached hydrogens (tertiary/aromatic N) is 1. The fraction of sp³-hybridized carbons (Fsp3) is 0.231. The van der Waals surface area contributed by atoms with Gasteiger partial charge in [-0.2, -0.15) is 0 Å². The molecular formula is C13H16N2O. The predicted octanol–water partition coefficient (Wildman–Crippen LogP) is 2.43. The first-order chi connectivity index (χ1) is 12.5. The highest BCUT2D eigenvalue weighted by Crippen LogP contribution is 2.04. The third-order valence-corrected chi connectivity index (χ3v) is 1.36. The molecule has 0 aliphatic heterocycles. The molecule has 16 heavy (non-hydrogen) atoms. The van der Waals surface area contributed by atoms with Crippen LogP contribution in [0, 0.1) is 6.85 Å². The first-order valence-electron chi connectivity index (χ1n) is 10.1. The van der Waals surface area contributed by atoms with Crippen LogP contribution in [0.1, 0.15) is 35.3 Å². The lowest BCUT2D eigenvalue weighted by Gasteiger charge is -1.96. The molecule has 0 radical (unpaired) electrons. The Morgan fingerprint density at radius 1 is 1.44 bits per heavy atom. The van der Waals surface area contributed by atoms with E-state index < -0.39 is 67.4 Å². The Morgan fingerprint density at radius 3 is 3.06 bits per heavy atom. The molecule has 0 aromatic carbocycles. The van der Waals surface area contributed by atoms with E-state index >= 15 is 0 Å². The molecule has 0 fully saturated rings. The van der Waals surface area contributed by atoms with Crippen LogP contribution in [0.5, 0.6) is 0 Å². The van der Waals surface area contributed by atoms with Gasteiger partial charge in [0.25, 0.3) is 0 Å². The zero-order valence-corrected chi connectivity index (χ0v) is 8.14. The first-order valence-corrected chi connectivity index (χ1v) is 4.15. The lowest BCUT2D eigenvalue weighted by molar-refractivity contribution is -0.113. The third kappa shape index (κ3) is 4.55. The molecule has 1 heterocycles. The quantitative estimate of drug-likeness (QED) is 0.742. The minimum absolute atomic E-state index is 0.298. The van der Waals surface area contributed by atoms with Gasteiger partial charge in [0.2, 0.25) is 0 Å². The van der Waals surface area contributed by atoms with Crippen LogP contribution in [-0.2, 0) is 4.79 Å². The zero-order valence-electron chi connectivity index (χ0n) is 20.1. The second-order valence-corrected chi connectivity index (χ2v) is 2.64. The Kier molecular flexibility index (Phi) is 1.30. The van der Waals surface area contributed by atoms with Crippen LogP contribution in [0.15, 0.2) is 42.0 Å². The number of aromatic nitrogens is 1. The summed E-state index contributed by atoms with van der Waals surface area (Å²) in [6.07, 6.45) is -0.960. The van der Waals surface area contributed by atoms with Crippen LogP contribution < -0.4 is 5.73 Å². The molecule has 2 N–H and O–H groups in total. The molecule has 1 aliphatic carbocycles. The number of allylic oxidation sites excluding steroid dienone is 4. The maximum absolute atomic E-state index is 11.0. The molecular weight excluding hydrogens is 200 g/mol. The monoisotopic (exact) mass is 228 g/mol. The summed E-state index contributed by atoms with van der Waals surface area (Å²) in [5, 5.41) is 0. The minimum Gasteiger partial charge on any atom is -0.384 e. The molecule has 0 spiro atoms. The van der Waals surface area contributed by atoms with Crippen molar-refractivity contribution in [2.24, 2.45) is 0 Å². The van der Waals surface area contributed by atoms with Crippen LogP contribution >= 0.6 is 0 Å². The Labute approximate surface area is 113 Å². The van der Waals surface area contributed by atoms with Gasteiger partial charge in [-0.3, -0.25) is 4.79 Å². The molecule has 3 heteroatoms. The van der Waals surface area contributed by atoms with Crippen molar-refractivity contribution in [3.8, 4) is 0 Å². The summed E-state index contributed by atoms with van der Waals surface area (Å²) >= 11 is 0. The topological polar surface area (TPSA) is 56.0 Å². The fourth-order valence-electron chi connectivity index (χ4n) is 0.688. The van der Waals surface area contributed by atoms with E-state index in [9.17, 15) is 4.79 Å². The molecule has 1 aromatic rings. The SMILES string of the molecule is [2H]C1=C(C([2H])([2H])[2H])C([2H])=C([2H])C(=O)C1.[2H]c1nc(N)c([2H])c([2H])c1C([2H])([2H])[2H]. The van der Waals surface area contributed by atoms with Crippen LogP contribution in [0.25, 0.3) is 0 Å². The Hall–Kier alpha value is -1.90. The number of hydrogen-bond acceptors (Lipinski definition) is 3. The molecule has 0 bridgehead atoms. The van der Waals surface area contributed by atoms with Crippen molar-refractivity contribution in [2.75, 3.05) is 5.73 Å². The second kappa shape index (κ2) is 5.85. The van der Waals surface area contributed by atoms with E-state index in [-0.39, 0.29) is 11.9 Å². The number of carbonyl (C=O) groups excluding carboxylic acids is 1. The van der Waals surface area contributed by atoms with Crippen molar-refractivity contribution < 1.29 is 21.2 Å². The molecule has 1 aliphatic rings. The minimum atomic E-state index is -2.61. The van der Waals surface area contributed by atoms with Gasteiger partial charge >= 0.3 is 0 Å². The normalized spacial score (nSPS) is 28.1. The number of nitrogens with two attached hydrogens (primary N) is 1. The highest BCUT2D eigenvalue weighted by molar-refractivity contribution is 5.92.